The number of carboxylic acid groups (broad SMARTS) is 1. The molecule has 2 unspecified atom stereocenters. The second-order valence-electron chi connectivity index (χ2n) is 4.20. The number of hydrogen-bond acceptors (Lipinski definition) is 3. The van der Waals surface area contributed by atoms with Crippen molar-refractivity contribution in [2.24, 2.45) is 0 Å². The van der Waals surface area contributed by atoms with Gasteiger partial charge in [0.05, 0.1) is 5.56 Å². The number of carbonyl (C=O) groups excluding carboxylic acids is 1. The molecule has 2 N–H and O–H groups in total. The number of hydrogen-bond donors (Lipinski definition) is 2. The van der Waals surface area contributed by atoms with Gasteiger partial charge in [-0.3, -0.25) is 4.79 Å². The van der Waals surface area contributed by atoms with Crippen molar-refractivity contribution in [3.63, 3.8) is 0 Å². The van der Waals surface area contributed by atoms with Crippen LogP contribution in [0.1, 0.15) is 17.2 Å². The van der Waals surface area contributed by atoms with Crippen LogP contribution in [0.15, 0.2) is 24.3 Å². The third-order valence-corrected chi connectivity index (χ3v) is 2.85. The fourth-order valence-electron chi connectivity index (χ4n) is 2.02. The Bertz CT molecular complexity index is 544. The smallest absolute Gasteiger partial charge is 0.416 e. The van der Waals surface area contributed by atoms with E-state index in [1.807, 2.05) is 0 Å². The van der Waals surface area contributed by atoms with E-state index in [1.165, 1.54) is 12.1 Å². The van der Waals surface area contributed by atoms with Gasteiger partial charge in [-0.15, -0.1) is 0 Å². The predicted molar refractivity (Wildman–Crippen MR) is 59.7 cm³/mol. The summed E-state index contributed by atoms with van der Waals surface area (Å²) < 4.78 is 43.7. The number of rotatable bonds is 2. The molecule has 20 heavy (non-hydrogen) atoms. The number of carbonyl (C=O) groups is 2. The van der Waals surface area contributed by atoms with Gasteiger partial charge >= 0.3 is 12.1 Å². The molecule has 1 aliphatic heterocycles. The van der Waals surface area contributed by atoms with Crippen molar-refractivity contribution >= 4 is 11.9 Å². The van der Waals surface area contributed by atoms with Crippen molar-refractivity contribution in [1.29, 1.82) is 0 Å². The van der Waals surface area contributed by atoms with Gasteiger partial charge in [-0.25, -0.2) is 4.79 Å². The van der Waals surface area contributed by atoms with Gasteiger partial charge in [0.2, 0.25) is 5.91 Å². The summed E-state index contributed by atoms with van der Waals surface area (Å²) in [5.41, 5.74) is -1.29. The van der Waals surface area contributed by atoms with E-state index in [0.29, 0.717) is 0 Å². The van der Waals surface area contributed by atoms with Crippen LogP contribution >= 0.6 is 0 Å². The summed E-state index contributed by atoms with van der Waals surface area (Å²) in [5, 5.41) is 11.1. The van der Waals surface area contributed by atoms with Crippen molar-refractivity contribution in [1.82, 2.24) is 5.32 Å². The molecule has 1 aliphatic rings. The molecule has 1 heterocycles. The summed E-state index contributed by atoms with van der Waals surface area (Å²) >= 11 is 0. The topological polar surface area (TPSA) is 75.6 Å². The second kappa shape index (κ2) is 5.12. The van der Waals surface area contributed by atoms with E-state index in [1.54, 1.807) is 0 Å². The highest BCUT2D eigenvalue weighted by molar-refractivity contribution is 5.86. The number of alkyl halides is 3. The van der Waals surface area contributed by atoms with Crippen LogP contribution in [0.2, 0.25) is 0 Å². The SMILES string of the molecule is O=C1COC(c2ccccc2C(F)(F)F)C(C(=O)O)N1. The van der Waals surface area contributed by atoms with E-state index in [0.717, 1.165) is 12.1 Å². The third kappa shape index (κ3) is 2.74. The molecule has 1 aromatic rings. The fraction of sp³-hybridized carbons (Fsp3) is 0.333. The average molecular weight is 289 g/mol. The molecule has 8 heteroatoms. The van der Waals surface area contributed by atoms with Crippen molar-refractivity contribution in [2.45, 2.75) is 18.3 Å². The molecule has 0 saturated carbocycles. The molecule has 0 aromatic heterocycles. The molecule has 1 saturated heterocycles. The minimum Gasteiger partial charge on any atom is -0.480 e. The largest absolute Gasteiger partial charge is 0.480 e. The van der Waals surface area contributed by atoms with E-state index in [4.69, 9.17) is 9.84 Å². The maximum atomic E-state index is 12.9. The normalized spacial score (nSPS) is 23.2. The summed E-state index contributed by atoms with van der Waals surface area (Å²) in [7, 11) is 0. The zero-order valence-corrected chi connectivity index (χ0v) is 9.98. The highest BCUT2D eigenvalue weighted by Gasteiger charge is 2.41. The van der Waals surface area contributed by atoms with Crippen LogP contribution < -0.4 is 5.32 Å². The lowest BCUT2D eigenvalue weighted by molar-refractivity contribution is -0.157. The Hall–Kier alpha value is -2.09. The van der Waals surface area contributed by atoms with Crippen LogP contribution in [0.5, 0.6) is 0 Å². The molecule has 2 rings (SSSR count). The first-order valence-corrected chi connectivity index (χ1v) is 5.60. The minimum atomic E-state index is -4.63. The van der Waals surface area contributed by atoms with Gasteiger partial charge < -0.3 is 15.2 Å². The zero-order chi connectivity index (χ0) is 14.9. The number of nitrogens with one attached hydrogen (secondary N) is 1. The quantitative estimate of drug-likeness (QED) is 0.861. The third-order valence-electron chi connectivity index (χ3n) is 2.85. The van der Waals surface area contributed by atoms with Gasteiger partial charge in [0.1, 0.15) is 12.7 Å². The Morgan fingerprint density at radius 3 is 2.60 bits per heavy atom. The van der Waals surface area contributed by atoms with Gasteiger partial charge in [0.15, 0.2) is 6.04 Å². The van der Waals surface area contributed by atoms with E-state index >= 15 is 0 Å². The minimum absolute atomic E-state index is 0.313. The first-order valence-electron chi connectivity index (χ1n) is 5.60. The number of aliphatic carboxylic acids is 1. The predicted octanol–water partition coefficient (Wildman–Crippen LogP) is 1.35. The number of amides is 1. The number of carboxylic acids is 1. The zero-order valence-electron chi connectivity index (χ0n) is 9.98. The summed E-state index contributed by atoms with van der Waals surface area (Å²) in [4.78, 5) is 22.2. The van der Waals surface area contributed by atoms with Crippen molar-refractivity contribution < 1.29 is 32.6 Å². The molecule has 2 atom stereocenters. The summed E-state index contributed by atoms with van der Waals surface area (Å²) in [5.74, 6) is -2.14. The Kier molecular flexibility index (Phi) is 3.67. The number of ether oxygens (including phenoxy) is 1. The van der Waals surface area contributed by atoms with Crippen molar-refractivity contribution in [2.75, 3.05) is 6.61 Å². The Morgan fingerprint density at radius 1 is 1.35 bits per heavy atom. The van der Waals surface area contributed by atoms with Crippen LogP contribution in [0.25, 0.3) is 0 Å². The monoisotopic (exact) mass is 289 g/mol. The van der Waals surface area contributed by atoms with Gasteiger partial charge in [0, 0.05) is 0 Å². The lowest BCUT2D eigenvalue weighted by Gasteiger charge is -2.31. The first-order chi connectivity index (χ1) is 9.30. The molecule has 0 aliphatic carbocycles. The summed E-state index contributed by atoms with van der Waals surface area (Å²) in [6.07, 6.45) is -6.02. The Balaban J connectivity index is 2.44. The van der Waals surface area contributed by atoms with Crippen LogP contribution in [0.4, 0.5) is 13.2 Å². The van der Waals surface area contributed by atoms with Crippen molar-refractivity contribution in [3.05, 3.63) is 35.4 Å². The first kappa shape index (κ1) is 14.3. The molecule has 0 spiro atoms. The van der Waals surface area contributed by atoms with E-state index in [-0.39, 0.29) is 5.56 Å². The molecule has 1 aromatic carbocycles. The van der Waals surface area contributed by atoms with Crippen LogP contribution in [0.3, 0.4) is 0 Å². The number of halogens is 3. The summed E-state index contributed by atoms with van der Waals surface area (Å²) in [6, 6.07) is 2.97. The second-order valence-corrected chi connectivity index (χ2v) is 4.20. The molecule has 5 nitrogen and oxygen atoms in total. The maximum absolute atomic E-state index is 12.9. The van der Waals surface area contributed by atoms with E-state index in [2.05, 4.69) is 5.32 Å². The average Bonchev–Trinajstić information content (AvgIpc) is 2.37. The fourth-order valence-corrected chi connectivity index (χ4v) is 2.02. The molecular formula is C12H10F3NO4. The molecule has 0 radical (unpaired) electrons. The number of benzene rings is 1. The van der Waals surface area contributed by atoms with Gasteiger partial charge in [-0.2, -0.15) is 13.2 Å². The Labute approximate surface area is 111 Å². The van der Waals surface area contributed by atoms with Gasteiger partial charge in [-0.05, 0) is 11.6 Å². The molecule has 1 fully saturated rings. The van der Waals surface area contributed by atoms with E-state index in [9.17, 15) is 22.8 Å². The summed E-state index contributed by atoms with van der Waals surface area (Å²) in [6.45, 7) is -0.485. The Morgan fingerprint density at radius 2 is 2.00 bits per heavy atom. The van der Waals surface area contributed by atoms with Gasteiger partial charge in [-0.1, -0.05) is 18.2 Å². The van der Waals surface area contributed by atoms with Gasteiger partial charge in [0.25, 0.3) is 0 Å². The molecule has 1 amide bonds. The highest BCUT2D eigenvalue weighted by atomic mass is 19.4. The lowest BCUT2D eigenvalue weighted by Crippen LogP contribution is -2.52. The molecular weight excluding hydrogens is 279 g/mol. The lowest BCUT2D eigenvalue weighted by atomic mass is 9.95. The maximum Gasteiger partial charge on any atom is 0.416 e. The van der Waals surface area contributed by atoms with Crippen LogP contribution in [-0.2, 0) is 20.5 Å². The highest BCUT2D eigenvalue weighted by Crippen LogP contribution is 2.37. The standard InChI is InChI=1S/C12H10F3NO4/c13-12(14,15)7-4-2-1-3-6(7)10-9(11(18)19)16-8(17)5-20-10/h1-4,9-10H,5H2,(H,16,17)(H,18,19). The van der Waals surface area contributed by atoms with Crippen LogP contribution in [0, 0.1) is 0 Å². The molecule has 108 valence electrons. The molecule has 0 bridgehead atoms. The number of morpholine rings is 1. The van der Waals surface area contributed by atoms with E-state index < -0.39 is 42.4 Å². The van der Waals surface area contributed by atoms with Crippen LogP contribution in [-0.4, -0.2) is 29.6 Å². The van der Waals surface area contributed by atoms with Crippen molar-refractivity contribution in [3.8, 4) is 0 Å².